The SMILES string of the molecule is CCNC(c1cc(Br)c(Br)s1)C1CCC(C(C)(C)C)CC1. The van der Waals surface area contributed by atoms with E-state index in [4.69, 9.17) is 0 Å². The van der Waals surface area contributed by atoms with E-state index in [1.54, 1.807) is 0 Å². The van der Waals surface area contributed by atoms with Crippen LogP contribution >= 0.6 is 43.2 Å². The van der Waals surface area contributed by atoms with E-state index >= 15 is 0 Å². The summed E-state index contributed by atoms with van der Waals surface area (Å²) in [7, 11) is 0. The monoisotopic (exact) mass is 435 g/mol. The highest BCUT2D eigenvalue weighted by atomic mass is 79.9. The van der Waals surface area contributed by atoms with Gasteiger partial charge in [0.15, 0.2) is 0 Å². The maximum Gasteiger partial charge on any atom is 0.0843 e. The van der Waals surface area contributed by atoms with Gasteiger partial charge in [-0.1, -0.05) is 27.7 Å². The Hall–Kier alpha value is 0.620. The molecule has 2 rings (SSSR count). The van der Waals surface area contributed by atoms with Gasteiger partial charge < -0.3 is 5.32 Å². The Morgan fingerprint density at radius 1 is 1.24 bits per heavy atom. The molecule has 1 aliphatic carbocycles. The third kappa shape index (κ3) is 4.55. The first-order valence-corrected chi connectivity index (χ1v) is 10.4. The Balaban J connectivity index is 2.07. The van der Waals surface area contributed by atoms with Crippen LogP contribution in [0.2, 0.25) is 0 Å². The van der Waals surface area contributed by atoms with Gasteiger partial charge in [0, 0.05) is 15.4 Å². The van der Waals surface area contributed by atoms with E-state index in [1.807, 2.05) is 11.3 Å². The quantitative estimate of drug-likeness (QED) is 0.548. The molecular formula is C17H27Br2NS. The molecule has 1 aliphatic rings. The van der Waals surface area contributed by atoms with Gasteiger partial charge in [-0.25, -0.2) is 0 Å². The van der Waals surface area contributed by atoms with Crippen LogP contribution in [0, 0.1) is 17.3 Å². The molecule has 1 nitrogen and oxygen atoms in total. The van der Waals surface area contributed by atoms with Gasteiger partial charge in [-0.15, -0.1) is 11.3 Å². The predicted molar refractivity (Wildman–Crippen MR) is 101 cm³/mol. The van der Waals surface area contributed by atoms with Crippen LogP contribution in [-0.4, -0.2) is 6.54 Å². The molecule has 1 saturated carbocycles. The molecule has 1 unspecified atom stereocenters. The maximum absolute atomic E-state index is 3.73. The molecule has 0 bridgehead atoms. The molecule has 1 N–H and O–H groups in total. The predicted octanol–water partition coefficient (Wildman–Crippen LogP) is 6.78. The molecule has 120 valence electrons. The summed E-state index contributed by atoms with van der Waals surface area (Å²) in [5.74, 6) is 1.67. The zero-order valence-corrected chi connectivity index (χ0v) is 17.5. The third-order valence-electron chi connectivity index (χ3n) is 4.86. The van der Waals surface area contributed by atoms with Crippen LogP contribution in [0.4, 0.5) is 0 Å². The number of thiophene rings is 1. The molecule has 0 aliphatic heterocycles. The topological polar surface area (TPSA) is 12.0 Å². The zero-order valence-electron chi connectivity index (χ0n) is 13.5. The highest BCUT2D eigenvalue weighted by Gasteiger charge is 2.33. The van der Waals surface area contributed by atoms with E-state index in [0.717, 1.165) is 18.4 Å². The molecule has 1 atom stereocenters. The summed E-state index contributed by atoms with van der Waals surface area (Å²) in [4.78, 5) is 1.47. The fourth-order valence-electron chi connectivity index (χ4n) is 3.55. The summed E-state index contributed by atoms with van der Waals surface area (Å²) >= 11 is 9.14. The van der Waals surface area contributed by atoms with Gasteiger partial charge in [-0.3, -0.25) is 0 Å². The molecule has 1 fully saturated rings. The van der Waals surface area contributed by atoms with Gasteiger partial charge >= 0.3 is 0 Å². The molecule has 1 aromatic heterocycles. The third-order valence-corrected chi connectivity index (χ3v) is 8.20. The molecule has 0 amide bonds. The molecule has 0 aromatic carbocycles. The molecule has 1 aromatic rings. The first-order valence-electron chi connectivity index (χ1n) is 8.01. The number of rotatable bonds is 4. The number of hydrogen-bond acceptors (Lipinski definition) is 2. The highest BCUT2D eigenvalue weighted by Crippen LogP contribution is 2.45. The smallest absolute Gasteiger partial charge is 0.0843 e. The largest absolute Gasteiger partial charge is 0.309 e. The summed E-state index contributed by atoms with van der Waals surface area (Å²) in [6.07, 6.45) is 5.47. The van der Waals surface area contributed by atoms with E-state index < -0.39 is 0 Å². The minimum Gasteiger partial charge on any atom is -0.309 e. The van der Waals surface area contributed by atoms with Crippen LogP contribution in [0.25, 0.3) is 0 Å². The lowest BCUT2D eigenvalue weighted by Crippen LogP contribution is -2.33. The van der Waals surface area contributed by atoms with E-state index in [9.17, 15) is 0 Å². The van der Waals surface area contributed by atoms with Crippen LogP contribution in [0.15, 0.2) is 14.3 Å². The summed E-state index contributed by atoms with van der Waals surface area (Å²) in [5.41, 5.74) is 0.466. The van der Waals surface area contributed by atoms with Crippen molar-refractivity contribution in [2.24, 2.45) is 17.3 Å². The van der Waals surface area contributed by atoms with Gasteiger partial charge in [0.25, 0.3) is 0 Å². The summed E-state index contributed by atoms with van der Waals surface area (Å²) < 4.78 is 2.40. The van der Waals surface area contributed by atoms with Gasteiger partial charge in [-0.05, 0) is 87.4 Å². The Morgan fingerprint density at radius 3 is 2.29 bits per heavy atom. The fraction of sp³-hybridized carbons (Fsp3) is 0.765. The van der Waals surface area contributed by atoms with Gasteiger partial charge in [-0.2, -0.15) is 0 Å². The molecule has 0 saturated heterocycles. The lowest BCUT2D eigenvalue weighted by atomic mass is 9.68. The molecule has 4 heteroatoms. The van der Waals surface area contributed by atoms with Crippen molar-refractivity contribution in [2.75, 3.05) is 6.54 Å². The zero-order chi connectivity index (χ0) is 15.6. The Labute approximate surface area is 150 Å². The van der Waals surface area contributed by atoms with Crippen LogP contribution < -0.4 is 5.32 Å². The first kappa shape index (κ1) is 18.0. The normalized spacial score (nSPS) is 25.0. The van der Waals surface area contributed by atoms with Crippen LogP contribution in [0.3, 0.4) is 0 Å². The molecule has 21 heavy (non-hydrogen) atoms. The molecule has 1 heterocycles. The average molecular weight is 437 g/mol. The second-order valence-electron chi connectivity index (χ2n) is 7.28. The molecule has 0 radical (unpaired) electrons. The number of nitrogens with one attached hydrogen (secondary N) is 1. The highest BCUT2D eigenvalue weighted by molar-refractivity contribution is 9.13. The lowest BCUT2D eigenvalue weighted by Gasteiger charge is -2.39. The van der Waals surface area contributed by atoms with Crippen LogP contribution in [-0.2, 0) is 0 Å². The van der Waals surface area contributed by atoms with E-state index in [0.29, 0.717) is 11.5 Å². The van der Waals surface area contributed by atoms with E-state index in [1.165, 1.54) is 38.8 Å². The van der Waals surface area contributed by atoms with Crippen molar-refractivity contribution in [3.63, 3.8) is 0 Å². The Morgan fingerprint density at radius 2 is 1.86 bits per heavy atom. The van der Waals surface area contributed by atoms with Gasteiger partial charge in [0.1, 0.15) is 0 Å². The van der Waals surface area contributed by atoms with Crippen molar-refractivity contribution >= 4 is 43.2 Å². The fourth-order valence-corrected chi connectivity index (χ4v) is 5.81. The summed E-state index contributed by atoms with van der Waals surface area (Å²) in [6, 6.07) is 2.81. The van der Waals surface area contributed by atoms with Crippen molar-refractivity contribution < 1.29 is 0 Å². The van der Waals surface area contributed by atoms with Crippen LogP contribution in [0.5, 0.6) is 0 Å². The minimum absolute atomic E-state index is 0.466. The standard InChI is InChI=1S/C17H27Br2NS/c1-5-20-15(14-10-13(18)16(19)21-14)11-6-8-12(9-7-11)17(2,3)4/h10-12,15,20H,5-9H2,1-4H3. The van der Waals surface area contributed by atoms with Crippen molar-refractivity contribution in [1.29, 1.82) is 0 Å². The molecule has 0 spiro atoms. The summed E-state index contributed by atoms with van der Waals surface area (Å²) in [6.45, 7) is 10.4. The maximum atomic E-state index is 3.73. The minimum atomic E-state index is 0.466. The second kappa shape index (κ2) is 7.46. The van der Waals surface area contributed by atoms with E-state index in [2.05, 4.69) is 70.9 Å². The van der Waals surface area contributed by atoms with E-state index in [-0.39, 0.29) is 0 Å². The Bertz CT molecular complexity index is 436. The van der Waals surface area contributed by atoms with Crippen molar-refractivity contribution in [3.8, 4) is 0 Å². The average Bonchev–Trinajstić information content (AvgIpc) is 2.75. The second-order valence-corrected chi connectivity index (χ2v) is 10.5. The van der Waals surface area contributed by atoms with Crippen molar-refractivity contribution in [1.82, 2.24) is 5.32 Å². The van der Waals surface area contributed by atoms with Gasteiger partial charge in [0.05, 0.1) is 3.79 Å². The molecular weight excluding hydrogens is 410 g/mol. The summed E-state index contributed by atoms with van der Waals surface area (Å²) in [5, 5.41) is 3.73. The Kier molecular flexibility index (Phi) is 6.38. The number of hydrogen-bond donors (Lipinski definition) is 1. The van der Waals surface area contributed by atoms with Crippen molar-refractivity contribution in [2.45, 2.75) is 59.4 Å². The first-order chi connectivity index (χ1) is 9.82. The van der Waals surface area contributed by atoms with Gasteiger partial charge in [0.2, 0.25) is 0 Å². The van der Waals surface area contributed by atoms with Crippen molar-refractivity contribution in [3.05, 3.63) is 19.2 Å². The number of halogens is 2. The van der Waals surface area contributed by atoms with Crippen LogP contribution in [0.1, 0.15) is 64.3 Å². The lowest BCUT2D eigenvalue weighted by molar-refractivity contribution is 0.133.